The van der Waals surface area contributed by atoms with Crippen molar-refractivity contribution in [3.63, 3.8) is 0 Å². The monoisotopic (exact) mass is 282 g/mol. The predicted molar refractivity (Wildman–Crippen MR) is 81.0 cm³/mol. The number of hydrogen-bond acceptors (Lipinski definition) is 4. The molecule has 1 heterocycles. The Hall–Kier alpha value is -2.75. The highest BCUT2D eigenvalue weighted by Gasteiger charge is 2.11. The normalized spacial score (nSPS) is 10.6. The number of rotatable bonds is 3. The smallest absolute Gasteiger partial charge is 0.200 e. The average Bonchev–Trinajstić information content (AvgIpc) is 2.55. The summed E-state index contributed by atoms with van der Waals surface area (Å²) in [6.07, 6.45) is 1.48. The van der Waals surface area contributed by atoms with E-state index in [4.69, 9.17) is 13.9 Å². The van der Waals surface area contributed by atoms with Crippen molar-refractivity contribution >= 4 is 11.0 Å². The van der Waals surface area contributed by atoms with E-state index in [9.17, 15) is 4.79 Å². The second kappa shape index (κ2) is 5.32. The highest BCUT2D eigenvalue weighted by molar-refractivity contribution is 5.81. The van der Waals surface area contributed by atoms with E-state index in [1.807, 2.05) is 18.2 Å². The summed E-state index contributed by atoms with van der Waals surface area (Å²) in [6.45, 7) is 0. The second-order valence-electron chi connectivity index (χ2n) is 4.54. The average molecular weight is 282 g/mol. The Morgan fingerprint density at radius 2 is 1.71 bits per heavy atom. The van der Waals surface area contributed by atoms with Crippen molar-refractivity contribution in [1.82, 2.24) is 0 Å². The van der Waals surface area contributed by atoms with Crippen LogP contribution in [0.25, 0.3) is 22.1 Å². The van der Waals surface area contributed by atoms with E-state index >= 15 is 0 Å². The summed E-state index contributed by atoms with van der Waals surface area (Å²) < 4.78 is 16.0. The van der Waals surface area contributed by atoms with Crippen LogP contribution >= 0.6 is 0 Å². The molecule has 0 saturated carbocycles. The van der Waals surface area contributed by atoms with Crippen molar-refractivity contribution in [2.24, 2.45) is 0 Å². The van der Waals surface area contributed by atoms with Gasteiger partial charge in [0.1, 0.15) is 11.8 Å². The second-order valence-corrected chi connectivity index (χ2v) is 4.54. The lowest BCUT2D eigenvalue weighted by atomic mass is 10.0. The minimum absolute atomic E-state index is 0.0657. The molecule has 0 fully saturated rings. The number of ether oxygens (including phenoxy) is 2. The van der Waals surface area contributed by atoms with Crippen molar-refractivity contribution < 1.29 is 13.9 Å². The molecule has 0 aliphatic heterocycles. The summed E-state index contributed by atoms with van der Waals surface area (Å²) in [5, 5.41) is 0.560. The third kappa shape index (κ3) is 2.25. The summed E-state index contributed by atoms with van der Waals surface area (Å²) in [5.74, 6) is 1.19. The predicted octanol–water partition coefficient (Wildman–Crippen LogP) is 3.48. The highest BCUT2D eigenvalue weighted by Crippen LogP contribution is 2.31. The van der Waals surface area contributed by atoms with Crippen LogP contribution in [-0.2, 0) is 0 Å². The first kappa shape index (κ1) is 13.2. The molecule has 0 aliphatic rings. The van der Waals surface area contributed by atoms with Gasteiger partial charge < -0.3 is 13.9 Å². The van der Waals surface area contributed by atoms with E-state index in [0.29, 0.717) is 28.0 Å². The lowest BCUT2D eigenvalue weighted by molar-refractivity contribution is 0.355. The van der Waals surface area contributed by atoms with Crippen molar-refractivity contribution in [2.75, 3.05) is 14.2 Å². The first-order valence-electron chi connectivity index (χ1n) is 6.47. The summed E-state index contributed by atoms with van der Waals surface area (Å²) >= 11 is 0. The molecule has 2 aromatic carbocycles. The molecular formula is C17H14O4. The zero-order valence-corrected chi connectivity index (χ0v) is 11.8. The zero-order valence-electron chi connectivity index (χ0n) is 11.8. The summed E-state index contributed by atoms with van der Waals surface area (Å²) in [4.78, 5) is 12.6. The van der Waals surface area contributed by atoms with Gasteiger partial charge in [-0.15, -0.1) is 0 Å². The van der Waals surface area contributed by atoms with Crippen LogP contribution in [0.1, 0.15) is 0 Å². The standard InChI is InChI=1S/C17H14O4/c1-19-15-8-7-11(9-16(15)20-2)13-10-21-14-6-4-3-5-12(14)17(13)18/h3-10H,1-2H3. The van der Waals surface area contributed by atoms with E-state index in [-0.39, 0.29) is 5.43 Å². The Kier molecular flexibility index (Phi) is 3.36. The van der Waals surface area contributed by atoms with Crippen LogP contribution in [0.15, 0.2) is 57.9 Å². The zero-order chi connectivity index (χ0) is 14.8. The molecule has 0 atom stereocenters. The van der Waals surface area contributed by atoms with Crippen LogP contribution in [0, 0.1) is 0 Å². The van der Waals surface area contributed by atoms with Crippen molar-refractivity contribution in [1.29, 1.82) is 0 Å². The van der Waals surface area contributed by atoms with Crippen LogP contribution in [0.2, 0.25) is 0 Å². The van der Waals surface area contributed by atoms with Crippen LogP contribution in [0.4, 0.5) is 0 Å². The fourth-order valence-corrected chi connectivity index (χ4v) is 2.28. The molecule has 0 saturated heterocycles. The fourth-order valence-electron chi connectivity index (χ4n) is 2.28. The maximum atomic E-state index is 12.6. The number of benzene rings is 2. The van der Waals surface area contributed by atoms with Gasteiger partial charge in [-0.05, 0) is 29.8 Å². The molecule has 0 amide bonds. The fraction of sp³-hybridized carbons (Fsp3) is 0.118. The van der Waals surface area contributed by atoms with Crippen LogP contribution in [0.3, 0.4) is 0 Å². The van der Waals surface area contributed by atoms with Crippen molar-refractivity contribution in [3.8, 4) is 22.6 Å². The molecule has 106 valence electrons. The Balaban J connectivity index is 2.21. The maximum Gasteiger partial charge on any atom is 0.200 e. The molecular weight excluding hydrogens is 268 g/mol. The molecule has 1 aromatic heterocycles. The van der Waals surface area contributed by atoms with Crippen molar-refractivity contribution in [2.45, 2.75) is 0 Å². The van der Waals surface area contributed by atoms with Gasteiger partial charge in [-0.1, -0.05) is 18.2 Å². The third-order valence-electron chi connectivity index (χ3n) is 3.37. The number of methoxy groups -OCH3 is 2. The summed E-state index contributed by atoms with van der Waals surface area (Å²) in [6, 6.07) is 12.5. The van der Waals surface area contributed by atoms with Gasteiger partial charge in [0.05, 0.1) is 25.2 Å². The molecule has 21 heavy (non-hydrogen) atoms. The van der Waals surface area contributed by atoms with Gasteiger partial charge in [-0.3, -0.25) is 4.79 Å². The number of fused-ring (bicyclic) bond motifs is 1. The SMILES string of the molecule is COc1ccc(-c2coc3ccccc3c2=O)cc1OC. The van der Waals surface area contributed by atoms with E-state index in [0.717, 1.165) is 5.56 Å². The lowest BCUT2D eigenvalue weighted by Crippen LogP contribution is -2.04. The van der Waals surface area contributed by atoms with Gasteiger partial charge in [0.25, 0.3) is 0 Å². The van der Waals surface area contributed by atoms with Gasteiger partial charge >= 0.3 is 0 Å². The van der Waals surface area contributed by atoms with Crippen LogP contribution in [0.5, 0.6) is 11.5 Å². The number of hydrogen-bond donors (Lipinski definition) is 0. The van der Waals surface area contributed by atoms with Crippen molar-refractivity contribution in [3.05, 3.63) is 59.0 Å². The molecule has 0 unspecified atom stereocenters. The summed E-state index contributed by atoms with van der Waals surface area (Å²) in [5.41, 5.74) is 1.73. The molecule has 0 bridgehead atoms. The van der Waals surface area contributed by atoms with Gasteiger partial charge in [-0.25, -0.2) is 0 Å². The quantitative estimate of drug-likeness (QED) is 0.738. The third-order valence-corrected chi connectivity index (χ3v) is 3.37. The van der Waals surface area contributed by atoms with Gasteiger partial charge in [0.15, 0.2) is 16.9 Å². The maximum absolute atomic E-state index is 12.6. The van der Waals surface area contributed by atoms with E-state index < -0.39 is 0 Å². The molecule has 0 radical (unpaired) electrons. The topological polar surface area (TPSA) is 48.7 Å². The Morgan fingerprint density at radius 1 is 0.952 bits per heavy atom. The first-order valence-corrected chi connectivity index (χ1v) is 6.47. The van der Waals surface area contributed by atoms with E-state index in [1.165, 1.54) is 6.26 Å². The molecule has 4 heteroatoms. The minimum atomic E-state index is -0.0657. The van der Waals surface area contributed by atoms with Gasteiger partial charge in [-0.2, -0.15) is 0 Å². The Morgan fingerprint density at radius 3 is 2.48 bits per heavy atom. The molecule has 3 rings (SSSR count). The lowest BCUT2D eigenvalue weighted by Gasteiger charge is -2.09. The number of para-hydroxylation sites is 1. The Labute approximate surface area is 121 Å². The molecule has 0 aliphatic carbocycles. The van der Waals surface area contributed by atoms with Gasteiger partial charge in [0.2, 0.25) is 0 Å². The van der Waals surface area contributed by atoms with Gasteiger partial charge in [0, 0.05) is 0 Å². The molecule has 4 nitrogen and oxygen atoms in total. The Bertz CT molecular complexity index is 849. The van der Waals surface area contributed by atoms with Crippen LogP contribution < -0.4 is 14.9 Å². The van der Waals surface area contributed by atoms with E-state index in [2.05, 4.69) is 0 Å². The molecule has 0 N–H and O–H groups in total. The summed E-state index contributed by atoms with van der Waals surface area (Å²) in [7, 11) is 3.13. The molecule has 3 aromatic rings. The first-order chi connectivity index (χ1) is 10.2. The minimum Gasteiger partial charge on any atom is -0.493 e. The van der Waals surface area contributed by atoms with E-state index in [1.54, 1.807) is 38.5 Å². The highest BCUT2D eigenvalue weighted by atomic mass is 16.5. The molecule has 0 spiro atoms. The largest absolute Gasteiger partial charge is 0.493 e. The van der Waals surface area contributed by atoms with Crippen LogP contribution in [-0.4, -0.2) is 14.2 Å².